The number of carbonyl (C=O) groups is 9. The van der Waals surface area contributed by atoms with Crippen LogP contribution in [0.1, 0.15) is 79.3 Å². The van der Waals surface area contributed by atoms with Gasteiger partial charge in [0.1, 0.15) is 36.8 Å². The van der Waals surface area contributed by atoms with Gasteiger partial charge in [0.25, 0.3) is 0 Å². The molecule has 0 unspecified atom stereocenters. The van der Waals surface area contributed by atoms with E-state index in [0.29, 0.717) is 12.1 Å². The standard InChI is InChI=1S/C36H59N11O10/c1-18(2)12-24(44-34(55)29(19(3)4)45-27(49)15-40-31(52)22(37)13-21-14-39-17-42-21)32(53)46-30(20(5)6)35(56)43-23(9-10-26(38)48)36(57)47-11-7-8-25(47)33(54)41-16-28(50)51/h14,17-20,22-25,29-30H,7-13,15-16,37H2,1-6H3,(H2,38,48)(H,39,42)(H,40,52)(H,41,54)(H,43,56)(H,44,55)(H,45,49)(H,46,53)(H,50,51)/t22-,23-,24-,25-,29-,30-/m0/s1. The molecule has 12 N–H and O–H groups in total. The first-order valence-electron chi connectivity index (χ1n) is 19.0. The van der Waals surface area contributed by atoms with Crippen LogP contribution in [0.4, 0.5) is 0 Å². The van der Waals surface area contributed by atoms with Crippen molar-refractivity contribution in [1.82, 2.24) is 46.8 Å². The van der Waals surface area contributed by atoms with E-state index >= 15 is 0 Å². The third kappa shape index (κ3) is 15.8. The molecule has 0 bridgehead atoms. The summed E-state index contributed by atoms with van der Waals surface area (Å²) in [5.41, 5.74) is 11.9. The number of amides is 8. The average molecular weight is 806 g/mol. The Kier molecular flexibility index (Phi) is 19.0. The maximum Gasteiger partial charge on any atom is 0.322 e. The molecule has 21 heteroatoms. The van der Waals surface area contributed by atoms with Crippen LogP contribution in [0.15, 0.2) is 12.5 Å². The van der Waals surface area contributed by atoms with Crippen LogP contribution in [0.3, 0.4) is 0 Å². The second kappa shape index (κ2) is 22.8. The van der Waals surface area contributed by atoms with E-state index < -0.39 is 114 Å². The van der Waals surface area contributed by atoms with Crippen molar-refractivity contribution in [2.45, 2.75) is 116 Å². The van der Waals surface area contributed by atoms with E-state index in [0.717, 1.165) is 0 Å². The lowest BCUT2D eigenvalue weighted by atomic mass is 9.98. The van der Waals surface area contributed by atoms with Crippen LogP contribution in [-0.2, 0) is 49.6 Å². The molecule has 6 atom stereocenters. The predicted octanol–water partition coefficient (Wildman–Crippen LogP) is -2.85. The molecule has 0 aliphatic carbocycles. The second-order valence-electron chi connectivity index (χ2n) is 15.2. The summed E-state index contributed by atoms with van der Waals surface area (Å²) in [6.45, 7) is 9.34. The number of aromatic amines is 1. The Labute approximate surface area is 331 Å². The van der Waals surface area contributed by atoms with E-state index in [2.05, 4.69) is 41.9 Å². The second-order valence-corrected chi connectivity index (χ2v) is 15.2. The maximum absolute atomic E-state index is 13.8. The van der Waals surface area contributed by atoms with Gasteiger partial charge in [0.15, 0.2) is 0 Å². The highest BCUT2D eigenvalue weighted by atomic mass is 16.4. The molecule has 0 saturated carbocycles. The number of rotatable bonds is 23. The SMILES string of the molecule is CC(C)C[C@H](NC(=O)[C@@H](NC(=O)CNC(=O)[C@@H](N)Cc1cnc[nH]1)C(C)C)C(=O)N[C@H](C(=O)N[C@@H](CCC(N)=O)C(=O)N1CCC[C@H]1C(=O)NCC(=O)O)C(C)C. The minimum Gasteiger partial charge on any atom is -0.480 e. The molecule has 1 aromatic heterocycles. The highest BCUT2D eigenvalue weighted by molar-refractivity contribution is 5.97. The number of carboxylic acids is 1. The van der Waals surface area contributed by atoms with Gasteiger partial charge in [-0.3, -0.25) is 43.2 Å². The fraction of sp³-hybridized carbons (Fsp3) is 0.667. The lowest BCUT2D eigenvalue weighted by Crippen LogP contribution is -2.61. The Morgan fingerprint density at radius 2 is 1.46 bits per heavy atom. The summed E-state index contributed by atoms with van der Waals surface area (Å²) in [5.74, 6) is -7.91. The maximum atomic E-state index is 13.8. The van der Waals surface area contributed by atoms with Crippen LogP contribution >= 0.6 is 0 Å². The number of carbonyl (C=O) groups excluding carboxylic acids is 8. The number of nitrogens with zero attached hydrogens (tertiary/aromatic N) is 2. The topological polar surface area (TPSA) is 330 Å². The van der Waals surface area contributed by atoms with Crippen molar-refractivity contribution in [3.63, 3.8) is 0 Å². The number of nitrogens with one attached hydrogen (secondary N) is 7. The first-order valence-corrected chi connectivity index (χ1v) is 19.0. The Balaban J connectivity index is 2.16. The number of hydrogen-bond donors (Lipinski definition) is 10. The smallest absolute Gasteiger partial charge is 0.322 e. The molecule has 1 aliphatic heterocycles. The fourth-order valence-corrected chi connectivity index (χ4v) is 6.13. The van der Waals surface area contributed by atoms with Crippen molar-refractivity contribution in [2.24, 2.45) is 29.2 Å². The number of hydrogen-bond acceptors (Lipinski definition) is 11. The van der Waals surface area contributed by atoms with Crippen molar-refractivity contribution < 1.29 is 48.3 Å². The molecule has 2 rings (SSSR count). The number of imidazole rings is 1. The van der Waals surface area contributed by atoms with Crippen LogP contribution in [0, 0.1) is 17.8 Å². The Hall–Kier alpha value is -5.60. The predicted molar refractivity (Wildman–Crippen MR) is 204 cm³/mol. The molecule has 2 heterocycles. The number of H-pyrrole nitrogens is 1. The van der Waals surface area contributed by atoms with Gasteiger partial charge in [0, 0.05) is 31.3 Å². The van der Waals surface area contributed by atoms with Gasteiger partial charge in [-0.25, -0.2) is 4.98 Å². The number of aromatic nitrogens is 2. The molecule has 21 nitrogen and oxygen atoms in total. The molecule has 1 fully saturated rings. The summed E-state index contributed by atoms with van der Waals surface area (Å²) in [6.07, 6.45) is 3.45. The monoisotopic (exact) mass is 805 g/mol. The summed E-state index contributed by atoms with van der Waals surface area (Å²) in [7, 11) is 0. The van der Waals surface area contributed by atoms with Gasteiger partial charge in [-0.05, 0) is 43.4 Å². The molecule has 1 aromatic rings. The third-order valence-corrected chi connectivity index (χ3v) is 9.15. The zero-order chi connectivity index (χ0) is 43.0. The highest BCUT2D eigenvalue weighted by Crippen LogP contribution is 2.20. The first kappa shape index (κ1) is 47.6. The zero-order valence-corrected chi connectivity index (χ0v) is 33.4. The molecule has 1 saturated heterocycles. The molecule has 0 spiro atoms. The minimum absolute atomic E-state index is 0.113. The van der Waals surface area contributed by atoms with Gasteiger partial charge in [-0.15, -0.1) is 0 Å². The van der Waals surface area contributed by atoms with Crippen LogP contribution in [0.5, 0.6) is 0 Å². The number of primary amides is 1. The normalized spacial score (nSPS) is 16.5. The number of likely N-dealkylation sites (tertiary alicyclic amines) is 1. The van der Waals surface area contributed by atoms with Crippen molar-refractivity contribution in [3.05, 3.63) is 18.2 Å². The largest absolute Gasteiger partial charge is 0.480 e. The molecule has 57 heavy (non-hydrogen) atoms. The lowest BCUT2D eigenvalue weighted by Gasteiger charge is -2.31. The summed E-state index contributed by atoms with van der Waals surface area (Å²) >= 11 is 0. The third-order valence-electron chi connectivity index (χ3n) is 9.15. The van der Waals surface area contributed by atoms with Crippen LogP contribution in [0.25, 0.3) is 0 Å². The molecule has 8 amide bonds. The van der Waals surface area contributed by atoms with Gasteiger partial charge >= 0.3 is 5.97 Å². The summed E-state index contributed by atoms with van der Waals surface area (Å²) in [4.78, 5) is 123. The first-order chi connectivity index (χ1) is 26.7. The van der Waals surface area contributed by atoms with Crippen LogP contribution < -0.4 is 43.4 Å². The molecule has 1 aliphatic rings. The Bertz CT molecular complexity index is 1580. The van der Waals surface area contributed by atoms with E-state index in [1.54, 1.807) is 27.7 Å². The van der Waals surface area contributed by atoms with Crippen molar-refractivity contribution >= 4 is 53.2 Å². The van der Waals surface area contributed by atoms with Crippen molar-refractivity contribution in [3.8, 4) is 0 Å². The molecule has 0 aromatic carbocycles. The van der Waals surface area contributed by atoms with E-state index in [1.165, 1.54) is 17.4 Å². The van der Waals surface area contributed by atoms with E-state index in [-0.39, 0.29) is 44.6 Å². The molecule has 318 valence electrons. The van der Waals surface area contributed by atoms with Gasteiger partial charge in [-0.2, -0.15) is 0 Å². The summed E-state index contributed by atoms with van der Waals surface area (Å²) < 4.78 is 0. The van der Waals surface area contributed by atoms with Crippen molar-refractivity contribution in [1.29, 1.82) is 0 Å². The quantitative estimate of drug-likeness (QED) is 0.0535. The van der Waals surface area contributed by atoms with Gasteiger partial charge in [-0.1, -0.05) is 41.5 Å². The Morgan fingerprint density at radius 3 is 2.00 bits per heavy atom. The molecule has 0 radical (unpaired) electrons. The van der Waals surface area contributed by atoms with Gasteiger partial charge < -0.3 is 58.4 Å². The Morgan fingerprint density at radius 1 is 0.842 bits per heavy atom. The van der Waals surface area contributed by atoms with E-state index in [4.69, 9.17) is 16.6 Å². The highest BCUT2D eigenvalue weighted by Gasteiger charge is 2.39. The minimum atomic E-state index is -1.32. The zero-order valence-electron chi connectivity index (χ0n) is 33.4. The molecular weight excluding hydrogens is 746 g/mol. The fourth-order valence-electron chi connectivity index (χ4n) is 6.13. The summed E-state index contributed by atoms with van der Waals surface area (Å²) in [6, 6.07) is -6.79. The number of carboxylic acid groups (broad SMARTS) is 1. The molecular formula is C36H59N11O10. The van der Waals surface area contributed by atoms with Crippen LogP contribution in [-0.4, -0.2) is 129 Å². The van der Waals surface area contributed by atoms with Crippen molar-refractivity contribution in [2.75, 3.05) is 19.6 Å². The lowest BCUT2D eigenvalue weighted by molar-refractivity contribution is -0.143. The van der Waals surface area contributed by atoms with Gasteiger partial charge in [0.2, 0.25) is 47.3 Å². The summed E-state index contributed by atoms with van der Waals surface area (Å²) in [5, 5.41) is 24.2. The number of aliphatic carboxylic acids is 1. The van der Waals surface area contributed by atoms with E-state index in [1.807, 2.05) is 13.8 Å². The van der Waals surface area contributed by atoms with E-state index in [9.17, 15) is 43.2 Å². The number of nitrogens with two attached hydrogens (primary N) is 2. The van der Waals surface area contributed by atoms with Crippen LogP contribution in [0.2, 0.25) is 0 Å². The average Bonchev–Trinajstić information content (AvgIpc) is 3.84. The van der Waals surface area contributed by atoms with Gasteiger partial charge in [0.05, 0.1) is 18.9 Å².